The van der Waals surface area contributed by atoms with E-state index >= 15 is 0 Å². The number of benzene rings is 1. The summed E-state index contributed by atoms with van der Waals surface area (Å²) in [5.74, 6) is -0.187. The van der Waals surface area contributed by atoms with E-state index in [1.165, 1.54) is 0 Å². The van der Waals surface area contributed by atoms with Gasteiger partial charge in [-0.25, -0.2) is 4.98 Å². The van der Waals surface area contributed by atoms with Crippen molar-refractivity contribution >= 4 is 51.5 Å². The molecule has 0 fully saturated rings. The van der Waals surface area contributed by atoms with Crippen LogP contribution in [0.5, 0.6) is 0 Å². The number of hydrogen-bond acceptors (Lipinski definition) is 4. The van der Waals surface area contributed by atoms with Gasteiger partial charge < -0.3 is 11.1 Å². The third-order valence-corrected chi connectivity index (χ3v) is 4.57. The zero-order valence-corrected chi connectivity index (χ0v) is 14.3. The number of nitrogens with one attached hydrogen (secondary N) is 1. The van der Waals surface area contributed by atoms with Crippen LogP contribution in [0, 0.1) is 5.92 Å². The summed E-state index contributed by atoms with van der Waals surface area (Å²) >= 11 is 7.56. The van der Waals surface area contributed by atoms with Crippen LogP contribution in [-0.4, -0.2) is 23.5 Å². The highest BCUT2D eigenvalue weighted by molar-refractivity contribution is 7.18. The molecule has 0 saturated carbocycles. The fourth-order valence-corrected chi connectivity index (χ4v) is 2.86. The first-order chi connectivity index (χ1) is 9.47. The molecule has 2 aromatic rings. The highest BCUT2D eigenvalue weighted by Crippen LogP contribution is 2.25. The lowest BCUT2D eigenvalue weighted by molar-refractivity contribution is -0.124. The Morgan fingerprint density at radius 1 is 1.48 bits per heavy atom. The SMILES string of the molecule is CC(N)C(C)C(=O)NCCc1nc2cc(Cl)ccc2s1.Cl. The van der Waals surface area contributed by atoms with Gasteiger partial charge in [0.1, 0.15) is 0 Å². The van der Waals surface area contributed by atoms with E-state index in [2.05, 4.69) is 10.3 Å². The molecule has 7 heteroatoms. The number of hydrogen-bond donors (Lipinski definition) is 2. The number of carbonyl (C=O) groups is 1. The Bertz CT molecular complexity index is 615. The number of fused-ring (bicyclic) bond motifs is 1. The Morgan fingerprint density at radius 3 is 2.86 bits per heavy atom. The van der Waals surface area contributed by atoms with Crippen molar-refractivity contribution in [3.8, 4) is 0 Å². The van der Waals surface area contributed by atoms with Crippen LogP contribution in [0.3, 0.4) is 0 Å². The van der Waals surface area contributed by atoms with Gasteiger partial charge in [0.15, 0.2) is 0 Å². The first-order valence-corrected chi connectivity index (χ1v) is 7.75. The number of thiazole rings is 1. The molecule has 1 aromatic heterocycles. The second-order valence-corrected chi connectivity index (χ2v) is 6.46. The molecule has 0 bridgehead atoms. The van der Waals surface area contributed by atoms with Crippen molar-refractivity contribution in [2.75, 3.05) is 6.54 Å². The van der Waals surface area contributed by atoms with Gasteiger partial charge >= 0.3 is 0 Å². The van der Waals surface area contributed by atoms with E-state index < -0.39 is 0 Å². The number of halogens is 2. The number of aromatic nitrogens is 1. The van der Waals surface area contributed by atoms with E-state index in [4.69, 9.17) is 17.3 Å². The van der Waals surface area contributed by atoms with E-state index in [0.29, 0.717) is 18.0 Å². The van der Waals surface area contributed by atoms with Gasteiger partial charge in [0.25, 0.3) is 0 Å². The molecule has 0 aliphatic rings. The fraction of sp³-hybridized carbons (Fsp3) is 0.429. The summed E-state index contributed by atoms with van der Waals surface area (Å²) in [5.41, 5.74) is 6.61. The summed E-state index contributed by atoms with van der Waals surface area (Å²) in [6, 6.07) is 5.54. The molecule has 2 atom stereocenters. The predicted molar refractivity (Wildman–Crippen MR) is 91.4 cm³/mol. The van der Waals surface area contributed by atoms with E-state index in [1.54, 1.807) is 11.3 Å². The molecule has 1 aromatic carbocycles. The van der Waals surface area contributed by atoms with Gasteiger partial charge in [-0.05, 0) is 25.1 Å². The van der Waals surface area contributed by atoms with Gasteiger partial charge in [-0.3, -0.25) is 4.79 Å². The summed E-state index contributed by atoms with van der Waals surface area (Å²) in [7, 11) is 0. The lowest BCUT2D eigenvalue weighted by Crippen LogP contribution is -2.39. The van der Waals surface area contributed by atoms with E-state index in [0.717, 1.165) is 15.2 Å². The van der Waals surface area contributed by atoms with Crippen LogP contribution < -0.4 is 11.1 Å². The molecule has 21 heavy (non-hydrogen) atoms. The van der Waals surface area contributed by atoms with Crippen molar-refractivity contribution in [3.63, 3.8) is 0 Å². The zero-order valence-electron chi connectivity index (χ0n) is 11.9. The second-order valence-electron chi connectivity index (χ2n) is 4.91. The van der Waals surface area contributed by atoms with Gasteiger partial charge in [0.2, 0.25) is 5.91 Å². The van der Waals surface area contributed by atoms with Gasteiger partial charge in [0.05, 0.1) is 15.2 Å². The molecule has 2 unspecified atom stereocenters. The third-order valence-electron chi connectivity index (χ3n) is 3.23. The standard InChI is InChI=1S/C14H18ClN3OS.ClH/c1-8(9(2)16)14(19)17-6-5-13-18-11-7-10(15)3-4-12(11)20-13;/h3-4,7-9H,5-6,16H2,1-2H3,(H,17,19);1H. The maximum absolute atomic E-state index is 11.8. The van der Waals surface area contributed by atoms with Gasteiger partial charge in [-0.2, -0.15) is 0 Å². The minimum atomic E-state index is -0.177. The molecule has 1 heterocycles. The van der Waals surface area contributed by atoms with Gasteiger partial charge in [-0.15, -0.1) is 23.7 Å². The summed E-state index contributed by atoms with van der Waals surface area (Å²) in [4.78, 5) is 16.3. The monoisotopic (exact) mass is 347 g/mol. The maximum Gasteiger partial charge on any atom is 0.224 e. The fourth-order valence-electron chi connectivity index (χ4n) is 1.75. The van der Waals surface area contributed by atoms with Crippen LogP contribution in [0.25, 0.3) is 10.2 Å². The minimum Gasteiger partial charge on any atom is -0.355 e. The van der Waals surface area contributed by atoms with Crippen molar-refractivity contribution < 1.29 is 4.79 Å². The lowest BCUT2D eigenvalue weighted by atomic mass is 10.0. The Morgan fingerprint density at radius 2 is 2.19 bits per heavy atom. The summed E-state index contributed by atoms with van der Waals surface area (Å²) in [6.45, 7) is 4.24. The molecule has 0 spiro atoms. The minimum absolute atomic E-state index is 0. The summed E-state index contributed by atoms with van der Waals surface area (Å²) < 4.78 is 1.11. The van der Waals surface area contributed by atoms with Crippen LogP contribution in [0.2, 0.25) is 5.02 Å². The van der Waals surface area contributed by atoms with Gasteiger partial charge in [0, 0.05) is 29.9 Å². The Kier molecular flexibility index (Phi) is 6.87. The largest absolute Gasteiger partial charge is 0.355 e. The second kappa shape index (κ2) is 7.94. The van der Waals surface area contributed by atoms with Crippen LogP contribution >= 0.6 is 35.3 Å². The van der Waals surface area contributed by atoms with E-state index in [9.17, 15) is 4.79 Å². The first-order valence-electron chi connectivity index (χ1n) is 6.55. The van der Waals surface area contributed by atoms with E-state index in [-0.39, 0.29) is 30.3 Å². The quantitative estimate of drug-likeness (QED) is 0.873. The number of amides is 1. The van der Waals surface area contributed by atoms with Crippen molar-refractivity contribution in [1.82, 2.24) is 10.3 Å². The topological polar surface area (TPSA) is 68.0 Å². The molecule has 116 valence electrons. The molecule has 0 saturated heterocycles. The third kappa shape index (κ3) is 4.81. The smallest absolute Gasteiger partial charge is 0.224 e. The zero-order chi connectivity index (χ0) is 14.7. The lowest BCUT2D eigenvalue weighted by Gasteiger charge is -2.14. The highest BCUT2D eigenvalue weighted by atomic mass is 35.5. The predicted octanol–water partition coefficient (Wildman–Crippen LogP) is 3.01. The van der Waals surface area contributed by atoms with Crippen LogP contribution in [0.15, 0.2) is 18.2 Å². The van der Waals surface area contributed by atoms with Crippen LogP contribution in [0.4, 0.5) is 0 Å². The number of nitrogens with two attached hydrogens (primary N) is 1. The molecule has 0 aliphatic carbocycles. The molecular weight excluding hydrogens is 329 g/mol. The van der Waals surface area contributed by atoms with E-state index in [1.807, 2.05) is 32.0 Å². The first kappa shape index (κ1) is 18.2. The maximum atomic E-state index is 11.8. The molecular formula is C14H19Cl2N3OS. The number of nitrogens with zero attached hydrogens (tertiary/aromatic N) is 1. The van der Waals surface area contributed by atoms with Crippen LogP contribution in [-0.2, 0) is 11.2 Å². The average molecular weight is 348 g/mol. The average Bonchev–Trinajstić information content (AvgIpc) is 2.79. The molecule has 2 rings (SSSR count). The normalized spacial score (nSPS) is 13.5. The number of carbonyl (C=O) groups excluding carboxylic acids is 1. The Hall–Kier alpha value is -0.880. The summed E-state index contributed by atoms with van der Waals surface area (Å²) in [5, 5.41) is 4.57. The molecule has 3 N–H and O–H groups in total. The summed E-state index contributed by atoms with van der Waals surface area (Å²) in [6.07, 6.45) is 0.717. The molecule has 0 aliphatic heterocycles. The molecule has 0 radical (unpaired) electrons. The highest BCUT2D eigenvalue weighted by Gasteiger charge is 2.16. The number of rotatable bonds is 5. The molecule has 1 amide bonds. The van der Waals surface area contributed by atoms with Gasteiger partial charge in [-0.1, -0.05) is 18.5 Å². The van der Waals surface area contributed by atoms with Crippen molar-refractivity contribution in [2.24, 2.45) is 11.7 Å². The van der Waals surface area contributed by atoms with Crippen LogP contribution in [0.1, 0.15) is 18.9 Å². The van der Waals surface area contributed by atoms with Crippen molar-refractivity contribution in [3.05, 3.63) is 28.2 Å². The Labute approximate surface area is 139 Å². The Balaban J connectivity index is 0.00000220. The van der Waals surface area contributed by atoms with Crippen molar-refractivity contribution in [1.29, 1.82) is 0 Å². The van der Waals surface area contributed by atoms with Crippen molar-refractivity contribution in [2.45, 2.75) is 26.3 Å². The molecule has 4 nitrogen and oxygen atoms in total.